The number of sulfone groups is 1. The number of aromatic hydroxyl groups is 2. The summed E-state index contributed by atoms with van der Waals surface area (Å²) in [5, 5.41) is 55.5. The van der Waals surface area contributed by atoms with Crippen LogP contribution in [0, 0.1) is 13.8 Å². The summed E-state index contributed by atoms with van der Waals surface area (Å²) in [6, 6.07) is 31.6. The molecule has 0 aromatic heterocycles. The third-order valence-electron chi connectivity index (χ3n) is 13.6. The third-order valence-corrected chi connectivity index (χ3v) is 20.5. The maximum absolute atomic E-state index is 13.9. The molecule has 0 aliphatic heterocycles. The van der Waals surface area contributed by atoms with Crippen molar-refractivity contribution in [1.29, 1.82) is 0 Å². The molecule has 0 aliphatic carbocycles. The van der Waals surface area contributed by atoms with Crippen LogP contribution in [0.3, 0.4) is 0 Å². The summed E-state index contributed by atoms with van der Waals surface area (Å²) in [5.41, 5.74) is 13.0. The summed E-state index contributed by atoms with van der Waals surface area (Å²) in [6.07, 6.45) is 2.41. The van der Waals surface area contributed by atoms with Crippen LogP contribution in [0.5, 0.6) is 17.2 Å². The van der Waals surface area contributed by atoms with Gasteiger partial charge in [0.15, 0.2) is 21.3 Å². The van der Waals surface area contributed by atoms with Crippen molar-refractivity contribution < 1.29 is 69.8 Å². The van der Waals surface area contributed by atoms with E-state index in [9.17, 15) is 65.6 Å². The van der Waals surface area contributed by atoms with Crippen molar-refractivity contribution in [3.8, 4) is 17.2 Å². The van der Waals surface area contributed by atoms with Gasteiger partial charge < -0.3 is 25.9 Å². The molecule has 0 fully saturated rings. The number of azo groups is 4. The van der Waals surface area contributed by atoms with Crippen molar-refractivity contribution in [3.05, 3.63) is 157 Å². The van der Waals surface area contributed by atoms with Crippen molar-refractivity contribution in [2.45, 2.75) is 38.3 Å². The molecule has 0 aliphatic rings. The summed E-state index contributed by atoms with van der Waals surface area (Å²) in [7, 11) is -19.7. The van der Waals surface area contributed by atoms with Gasteiger partial charge >= 0.3 is 0 Å². The molecule has 0 saturated carbocycles. The monoisotopic (exact) mass is 1340 g/mol. The van der Waals surface area contributed by atoms with Gasteiger partial charge in [0.2, 0.25) is 11.1 Å². The number of fused-ring (bicyclic) bond motifs is 2. The Kier molecular flexibility index (Phi) is 17.8. The molecule has 0 saturated heterocycles. The maximum Gasteiger partial charge on any atom is 0.296 e. The van der Waals surface area contributed by atoms with Gasteiger partial charge in [-0.25, -0.2) is 29.5 Å². The van der Waals surface area contributed by atoms with Crippen LogP contribution in [0.2, 0.25) is 0 Å². The largest absolute Gasteiger partial charge is 0.505 e. The molecule has 1 atom stereocenters. The molecule has 9 rings (SSSR count). The molecule has 8 N–H and O–H groups in total. The number of phenolic OH excluding ortho intramolecular Hbond substituents is 2. The number of sulfonamides is 2. The summed E-state index contributed by atoms with van der Waals surface area (Å²) in [4.78, 5) is -2.09. The summed E-state index contributed by atoms with van der Waals surface area (Å²) >= 11 is -1.55. The van der Waals surface area contributed by atoms with E-state index in [0.29, 0.717) is 22.6 Å². The quantitative estimate of drug-likeness (QED) is 0.0249. The van der Waals surface area contributed by atoms with Crippen LogP contribution in [0.25, 0.3) is 21.5 Å². The molecule has 0 radical (unpaired) electrons. The molecule has 34 heteroatoms. The number of nitrogen functional groups attached to an aromatic ring is 2. The molecule has 0 bridgehead atoms. The summed E-state index contributed by atoms with van der Waals surface area (Å²) in [5.74, 6) is -1.28. The second-order valence-electron chi connectivity index (χ2n) is 19.7. The van der Waals surface area contributed by atoms with Crippen LogP contribution in [0.1, 0.15) is 11.1 Å². The third kappa shape index (κ3) is 13.5. The van der Waals surface area contributed by atoms with Crippen molar-refractivity contribution in [2.75, 3.05) is 46.7 Å². The minimum atomic E-state index is -5.07. The van der Waals surface area contributed by atoms with Crippen LogP contribution >= 0.6 is 0 Å². The fourth-order valence-corrected chi connectivity index (χ4v) is 13.7. The molecular weight excluding hydrogens is 1290 g/mol. The minimum absolute atomic E-state index is 0.0212. The van der Waals surface area contributed by atoms with E-state index in [1.54, 1.807) is 26.0 Å². The van der Waals surface area contributed by atoms with Crippen LogP contribution < -0.4 is 24.3 Å². The first kappa shape index (κ1) is 64.8. The molecule has 90 heavy (non-hydrogen) atoms. The topological polar surface area (TPSA) is 435 Å². The minimum Gasteiger partial charge on any atom is -0.505 e. The van der Waals surface area contributed by atoms with Gasteiger partial charge in [-0.2, -0.15) is 37.3 Å². The number of phenols is 2. The molecule has 1 unspecified atom stereocenters. The molecular formula is C56H50N12O16S6. The molecule has 9 aromatic carbocycles. The highest BCUT2D eigenvalue weighted by Gasteiger charge is 2.29. The number of benzene rings is 9. The fraction of sp³-hybridized carbons (Fsp3) is 0.107. The lowest BCUT2D eigenvalue weighted by Crippen LogP contribution is -2.28. The first-order chi connectivity index (χ1) is 42.1. The van der Waals surface area contributed by atoms with Gasteiger partial charge in [-0.1, -0.05) is 0 Å². The Bertz CT molecular complexity index is 5140. The van der Waals surface area contributed by atoms with E-state index >= 15 is 0 Å². The zero-order valence-corrected chi connectivity index (χ0v) is 52.5. The molecule has 0 heterocycles. The fourth-order valence-electron chi connectivity index (χ4n) is 8.95. The van der Waals surface area contributed by atoms with Crippen molar-refractivity contribution in [2.24, 2.45) is 40.9 Å². The second-order valence-corrected chi connectivity index (χ2v) is 29.4. The highest BCUT2D eigenvalue weighted by Crippen LogP contribution is 2.49. The predicted molar refractivity (Wildman–Crippen MR) is 337 cm³/mol. The first-order valence-corrected chi connectivity index (χ1v) is 34.8. The Morgan fingerprint density at radius 1 is 0.444 bits per heavy atom. The Labute approximate surface area is 517 Å². The van der Waals surface area contributed by atoms with E-state index in [2.05, 4.69) is 40.9 Å². The zero-order chi connectivity index (χ0) is 65.6. The number of aryl methyl sites for hydroxylation is 2. The summed E-state index contributed by atoms with van der Waals surface area (Å²) < 4.78 is 169. The smallest absolute Gasteiger partial charge is 0.296 e. The Balaban J connectivity index is 0.897. The lowest BCUT2D eigenvalue weighted by molar-refractivity contribution is 0.472. The van der Waals surface area contributed by atoms with Crippen molar-refractivity contribution in [1.82, 2.24) is 0 Å². The number of rotatable bonds is 19. The Hall–Kier alpha value is -9.68. The number of hydrogen-bond acceptors (Lipinski definition) is 24. The van der Waals surface area contributed by atoms with E-state index in [0.717, 1.165) is 27.0 Å². The average Bonchev–Trinajstić information content (AvgIpc) is 0.767. The predicted octanol–water partition coefficient (Wildman–Crippen LogP) is 12.1. The number of anilines is 4. The maximum atomic E-state index is 13.9. The van der Waals surface area contributed by atoms with Gasteiger partial charge in [0, 0.05) is 26.6 Å². The standard InChI is InChI=1S/C56H50N12O16S6/c1-31-27-33-29-45(89(78,79)80)53(55(69)47(33)49(57)51(31)63-59-35-7-19-41(20-8-35)84-85(5)71)65-61-37-11-23-43(24-12-37)87(74,75)67(3)39-15-17-40(18-16-39)68(4)88(76,77)44-25-13-38(14-26-44)62-66-54-46(90(81,82)83)30-34-28-32(2)52(50(58)48(34)56(54)70)64-60-36-9-21-42(22-10-36)86(6,72)73/h7-30,69-70H,57-58H2,1-6H3,(H,78,79,80)(H,81,82,83). The first-order valence-electron chi connectivity index (χ1n) is 25.6. The van der Waals surface area contributed by atoms with Crippen LogP contribution in [-0.4, -0.2) is 92.2 Å². The van der Waals surface area contributed by atoms with E-state index in [1.165, 1.54) is 142 Å². The molecule has 9 aromatic rings. The lowest BCUT2D eigenvalue weighted by atomic mass is 10.0. The van der Waals surface area contributed by atoms with E-state index in [1.807, 2.05) is 0 Å². The van der Waals surface area contributed by atoms with Gasteiger partial charge in [0.05, 0.1) is 71.0 Å². The van der Waals surface area contributed by atoms with Gasteiger partial charge in [0.25, 0.3) is 40.3 Å². The lowest BCUT2D eigenvalue weighted by Gasteiger charge is -2.22. The van der Waals surface area contributed by atoms with Crippen molar-refractivity contribution >= 4 is 151 Å². The van der Waals surface area contributed by atoms with Crippen molar-refractivity contribution in [3.63, 3.8) is 0 Å². The highest BCUT2D eigenvalue weighted by molar-refractivity contribution is 7.93. The Morgan fingerprint density at radius 2 is 0.744 bits per heavy atom. The highest BCUT2D eigenvalue weighted by atomic mass is 32.2. The Morgan fingerprint density at radius 3 is 1.04 bits per heavy atom. The van der Waals surface area contributed by atoms with Gasteiger partial charge in [-0.15, -0.1) is 20.5 Å². The van der Waals surface area contributed by atoms with Gasteiger partial charge in [0.1, 0.15) is 38.3 Å². The molecule has 466 valence electrons. The summed E-state index contributed by atoms with van der Waals surface area (Å²) in [6.45, 7) is 3.19. The molecule has 28 nitrogen and oxygen atoms in total. The van der Waals surface area contributed by atoms with E-state index in [-0.39, 0.29) is 87.4 Å². The number of nitrogens with two attached hydrogens (primary N) is 2. The van der Waals surface area contributed by atoms with Gasteiger partial charge in [-0.3, -0.25) is 17.7 Å². The van der Waals surface area contributed by atoms with Crippen LogP contribution in [0.15, 0.2) is 211 Å². The second kappa shape index (κ2) is 24.7. The SMILES string of the molecule is Cc1cc2cc(S(=O)(=O)O)c(N=Nc3ccc(S(=O)(=O)N(C)c4ccc(N(C)S(=O)(=O)c5ccc(N=Nc6c(S(=O)(=O)O)cc7cc(C)c(N=Nc8ccc(S(C)(=O)=O)cc8)c(N)c7c6O)cc5)cc4)cc3)c(O)c2c(N)c1N=Nc1ccc(OS(C)=O)cc1. The normalized spacial score (nSPS) is 13.1. The van der Waals surface area contributed by atoms with E-state index in [4.69, 9.17) is 15.7 Å². The number of nitrogens with zero attached hydrogens (tertiary/aromatic N) is 10. The molecule has 0 amide bonds. The zero-order valence-electron chi connectivity index (χ0n) is 47.6. The molecule has 0 spiro atoms. The van der Waals surface area contributed by atoms with Gasteiger partial charge in [-0.05, 0) is 181 Å². The van der Waals surface area contributed by atoms with Crippen LogP contribution in [0.4, 0.5) is 68.2 Å². The average molecular weight is 1340 g/mol. The van der Waals surface area contributed by atoms with E-state index < -0.39 is 93.9 Å². The van der Waals surface area contributed by atoms with Crippen LogP contribution in [-0.2, 0) is 61.2 Å². The number of hydrogen-bond donors (Lipinski definition) is 6.